The first-order chi connectivity index (χ1) is 37.3. The third kappa shape index (κ3) is 6.38. The van der Waals surface area contributed by atoms with Crippen LogP contribution in [0.1, 0.15) is 104 Å². The SMILES string of the molecule is CCC1CC2CC(C)C3(c4ccccc4-c4cc(-c5nc(-c6ccccc6)nc(-c6ccc7c(c6)C(c6ccccc6)(c6ccccc6)c6ccccc6-7)n5)cc(-c5ccc6c(c5)C(C)(C)c5ccccc5-6)c43)C(C1)C2. The summed E-state index contributed by atoms with van der Waals surface area (Å²) in [6.45, 7) is 9.85. The molecule has 368 valence electrons. The van der Waals surface area contributed by atoms with Gasteiger partial charge in [-0.3, -0.25) is 0 Å². The van der Waals surface area contributed by atoms with E-state index in [9.17, 15) is 0 Å². The molecule has 15 rings (SSSR count). The van der Waals surface area contributed by atoms with Crippen LogP contribution in [0.5, 0.6) is 0 Å². The fourth-order valence-electron chi connectivity index (χ4n) is 16.2. The summed E-state index contributed by atoms with van der Waals surface area (Å²) in [6.07, 6.45) is 6.45. The van der Waals surface area contributed by atoms with Crippen LogP contribution in [0.3, 0.4) is 0 Å². The van der Waals surface area contributed by atoms with E-state index in [1.165, 1.54) is 121 Å². The van der Waals surface area contributed by atoms with Gasteiger partial charge in [0, 0.05) is 27.5 Å². The summed E-state index contributed by atoms with van der Waals surface area (Å²) < 4.78 is 0. The number of fused-ring (bicyclic) bond motifs is 14. The second-order valence-corrected chi connectivity index (χ2v) is 23.4. The summed E-state index contributed by atoms with van der Waals surface area (Å²) in [5.74, 6) is 4.58. The van der Waals surface area contributed by atoms with Gasteiger partial charge in [-0.1, -0.05) is 222 Å². The Bertz CT molecular complexity index is 3910. The van der Waals surface area contributed by atoms with Crippen LogP contribution in [-0.2, 0) is 16.2 Å². The molecule has 2 fully saturated rings. The van der Waals surface area contributed by atoms with E-state index in [0.29, 0.717) is 29.3 Å². The second kappa shape index (κ2) is 17.0. The van der Waals surface area contributed by atoms with E-state index in [1.807, 2.05) is 0 Å². The van der Waals surface area contributed by atoms with Crippen molar-refractivity contribution in [3.63, 3.8) is 0 Å². The van der Waals surface area contributed by atoms with Crippen LogP contribution in [0.4, 0.5) is 0 Å². The van der Waals surface area contributed by atoms with Crippen LogP contribution < -0.4 is 0 Å². The fraction of sp³-hybridized carbons (Fsp3) is 0.219. The van der Waals surface area contributed by atoms with Crippen molar-refractivity contribution < 1.29 is 0 Å². The van der Waals surface area contributed by atoms with Gasteiger partial charge in [0.15, 0.2) is 17.5 Å². The summed E-state index contributed by atoms with van der Waals surface area (Å²) in [7, 11) is 0. The Hall–Kier alpha value is -8.01. The van der Waals surface area contributed by atoms with Gasteiger partial charge >= 0.3 is 0 Å². The minimum Gasteiger partial charge on any atom is -0.208 e. The zero-order chi connectivity index (χ0) is 50.9. The quantitative estimate of drug-likeness (QED) is 0.160. The lowest BCUT2D eigenvalue weighted by molar-refractivity contribution is 0.0371. The summed E-state index contributed by atoms with van der Waals surface area (Å²) in [6, 6.07) is 79.4. The number of aromatic nitrogens is 3. The second-order valence-electron chi connectivity index (χ2n) is 23.4. The van der Waals surface area contributed by atoms with Crippen LogP contribution in [-0.4, -0.2) is 15.0 Å². The van der Waals surface area contributed by atoms with E-state index >= 15 is 0 Å². The number of benzene rings is 9. The maximum atomic E-state index is 5.66. The van der Waals surface area contributed by atoms with Gasteiger partial charge in [0.05, 0.1) is 5.41 Å². The van der Waals surface area contributed by atoms with Gasteiger partial charge in [0.2, 0.25) is 0 Å². The molecule has 2 saturated carbocycles. The molecule has 0 amide bonds. The molecule has 1 heterocycles. The lowest BCUT2D eigenvalue weighted by Gasteiger charge is -2.55. The molecule has 1 aromatic heterocycles. The molecule has 5 aliphatic rings. The smallest absolute Gasteiger partial charge is 0.164 e. The topological polar surface area (TPSA) is 38.7 Å². The molecule has 76 heavy (non-hydrogen) atoms. The summed E-state index contributed by atoms with van der Waals surface area (Å²) in [4.78, 5) is 16.6. The van der Waals surface area contributed by atoms with Crippen molar-refractivity contribution in [2.75, 3.05) is 0 Å². The van der Waals surface area contributed by atoms with Gasteiger partial charge < -0.3 is 0 Å². The molecule has 9 aromatic carbocycles. The van der Waals surface area contributed by atoms with Crippen LogP contribution in [0.2, 0.25) is 0 Å². The minimum absolute atomic E-state index is 0.118. The van der Waals surface area contributed by atoms with Crippen molar-refractivity contribution in [1.82, 2.24) is 15.0 Å². The summed E-state index contributed by atoms with van der Waals surface area (Å²) in [5, 5.41) is 0. The predicted molar refractivity (Wildman–Crippen MR) is 311 cm³/mol. The van der Waals surface area contributed by atoms with Gasteiger partial charge in [0.25, 0.3) is 0 Å². The molecular formula is C73H61N3. The lowest BCUT2D eigenvalue weighted by Crippen LogP contribution is -2.49. The monoisotopic (exact) mass is 979 g/mol. The number of hydrogen-bond acceptors (Lipinski definition) is 3. The first kappa shape index (κ1) is 45.4. The maximum Gasteiger partial charge on any atom is 0.164 e. The normalized spacial score (nSPS) is 21.5. The van der Waals surface area contributed by atoms with E-state index in [0.717, 1.165) is 28.5 Å². The van der Waals surface area contributed by atoms with E-state index in [1.54, 1.807) is 0 Å². The molecule has 2 bridgehead atoms. The Balaban J connectivity index is 0.985. The third-order valence-electron chi connectivity index (χ3n) is 19.3. The molecule has 1 spiro atoms. The van der Waals surface area contributed by atoms with Crippen molar-refractivity contribution in [3.05, 3.63) is 257 Å². The standard InChI is InChI=1S/C73H61N3/c1-5-46-38-47-37-45(2)72(54(39-46)40-47)63-31-19-17-29-57(63)61-42-51(41-60(67(61)72)49-33-35-58-55-27-15-18-30-62(55)71(3,4)65(58)43-49)70-75-68(48-21-9-6-10-22-48)74-69(76-70)50-34-36-59-56-28-16-20-32-64(56)73(66(59)44-50,52-23-11-7-12-24-52)53-25-13-8-14-26-53/h6-36,41-47,54H,5,37-40H2,1-4H3. The van der Waals surface area contributed by atoms with E-state index < -0.39 is 5.41 Å². The van der Waals surface area contributed by atoms with Crippen LogP contribution in [0, 0.1) is 23.7 Å². The number of hydrogen-bond donors (Lipinski definition) is 0. The third-order valence-corrected chi connectivity index (χ3v) is 19.3. The van der Waals surface area contributed by atoms with Crippen molar-refractivity contribution >= 4 is 0 Å². The molecule has 0 aliphatic heterocycles. The van der Waals surface area contributed by atoms with Crippen molar-refractivity contribution in [3.8, 4) is 78.7 Å². The first-order valence-corrected chi connectivity index (χ1v) is 28.0. The Morgan fingerprint density at radius 3 is 1.57 bits per heavy atom. The van der Waals surface area contributed by atoms with Crippen LogP contribution in [0.25, 0.3) is 78.7 Å². The van der Waals surface area contributed by atoms with E-state index in [2.05, 4.69) is 240 Å². The lowest BCUT2D eigenvalue weighted by atomic mass is 9.48. The average molecular weight is 980 g/mol. The first-order valence-electron chi connectivity index (χ1n) is 28.0. The zero-order valence-electron chi connectivity index (χ0n) is 43.9. The highest BCUT2D eigenvalue weighted by Crippen LogP contribution is 2.67. The molecule has 5 aliphatic carbocycles. The molecule has 5 unspecified atom stereocenters. The fourth-order valence-corrected chi connectivity index (χ4v) is 16.2. The van der Waals surface area contributed by atoms with Gasteiger partial charge in [-0.05, 0) is 163 Å². The van der Waals surface area contributed by atoms with E-state index in [-0.39, 0.29) is 10.8 Å². The van der Waals surface area contributed by atoms with Gasteiger partial charge in [-0.2, -0.15) is 0 Å². The Labute approximate surface area is 447 Å². The molecular weight excluding hydrogens is 919 g/mol. The molecule has 0 saturated heterocycles. The Kier molecular flexibility index (Phi) is 10.2. The number of rotatable bonds is 7. The highest BCUT2D eigenvalue weighted by molar-refractivity contribution is 5.94. The van der Waals surface area contributed by atoms with Crippen LogP contribution >= 0.6 is 0 Å². The average Bonchev–Trinajstić information content (AvgIpc) is 4.25. The van der Waals surface area contributed by atoms with Crippen molar-refractivity contribution in [1.29, 1.82) is 0 Å². The van der Waals surface area contributed by atoms with Crippen molar-refractivity contribution in [2.45, 2.75) is 76.0 Å². The van der Waals surface area contributed by atoms with Gasteiger partial charge in [-0.25, -0.2) is 15.0 Å². The van der Waals surface area contributed by atoms with Gasteiger partial charge in [0.1, 0.15) is 0 Å². The molecule has 3 nitrogen and oxygen atoms in total. The van der Waals surface area contributed by atoms with Gasteiger partial charge in [-0.15, -0.1) is 0 Å². The van der Waals surface area contributed by atoms with Crippen LogP contribution in [0.15, 0.2) is 212 Å². The molecule has 0 radical (unpaired) electrons. The predicted octanol–water partition coefficient (Wildman–Crippen LogP) is 18.0. The zero-order valence-corrected chi connectivity index (χ0v) is 43.9. The van der Waals surface area contributed by atoms with E-state index in [4.69, 9.17) is 15.0 Å². The van der Waals surface area contributed by atoms with Crippen molar-refractivity contribution in [2.24, 2.45) is 23.7 Å². The summed E-state index contributed by atoms with van der Waals surface area (Å²) in [5.41, 5.74) is 23.4. The Morgan fingerprint density at radius 2 is 0.895 bits per heavy atom. The molecule has 0 N–H and O–H groups in total. The highest BCUT2D eigenvalue weighted by Gasteiger charge is 2.58. The minimum atomic E-state index is -0.557. The molecule has 10 aromatic rings. The Morgan fingerprint density at radius 1 is 0.395 bits per heavy atom. The molecule has 5 atom stereocenters. The number of nitrogens with zero attached hydrogens (tertiary/aromatic N) is 3. The largest absolute Gasteiger partial charge is 0.208 e. The summed E-state index contributed by atoms with van der Waals surface area (Å²) >= 11 is 0. The maximum absolute atomic E-state index is 5.66. The molecule has 3 heteroatoms. The highest BCUT2D eigenvalue weighted by atomic mass is 15.0.